The lowest BCUT2D eigenvalue weighted by molar-refractivity contribution is 0.432. The lowest BCUT2D eigenvalue weighted by Crippen LogP contribution is -2.10. The molecule has 1 rings (SSSR count). The first-order valence-corrected chi connectivity index (χ1v) is 8.18. The Morgan fingerprint density at radius 3 is 2.52 bits per heavy atom. The van der Waals surface area contributed by atoms with Crippen LogP contribution < -0.4 is 0 Å². The summed E-state index contributed by atoms with van der Waals surface area (Å²) >= 11 is 0. The van der Waals surface area contributed by atoms with E-state index in [1.807, 2.05) is 6.20 Å². The molecule has 0 aromatic carbocycles. The van der Waals surface area contributed by atoms with Crippen LogP contribution >= 0.6 is 0 Å². The largest absolute Gasteiger partial charge is 0.269 e. The van der Waals surface area contributed by atoms with Crippen LogP contribution in [0.1, 0.15) is 65.6 Å². The van der Waals surface area contributed by atoms with Crippen molar-refractivity contribution in [2.75, 3.05) is 0 Å². The molecule has 118 valence electrons. The van der Waals surface area contributed by atoms with E-state index >= 15 is 0 Å². The van der Waals surface area contributed by atoms with Gasteiger partial charge in [0, 0.05) is 29.2 Å². The Kier molecular flexibility index (Phi) is 6.86. The molecular formula is C18H31N3. The Hall–Kier alpha value is -1.38. The second-order valence-electron chi connectivity index (χ2n) is 6.23. The van der Waals surface area contributed by atoms with Gasteiger partial charge in [0.15, 0.2) is 0 Å². The number of hydrogen-bond donors (Lipinski definition) is 0. The minimum Gasteiger partial charge on any atom is -0.269 e. The number of hydrogen-bond acceptors (Lipinski definition) is 2. The predicted molar refractivity (Wildman–Crippen MR) is 91.8 cm³/mol. The fourth-order valence-electron chi connectivity index (χ4n) is 2.28. The van der Waals surface area contributed by atoms with Crippen LogP contribution in [0.3, 0.4) is 0 Å². The van der Waals surface area contributed by atoms with Crippen molar-refractivity contribution in [1.82, 2.24) is 9.78 Å². The Morgan fingerprint density at radius 1 is 1.33 bits per heavy atom. The van der Waals surface area contributed by atoms with E-state index in [0.717, 1.165) is 18.7 Å². The molecule has 0 aliphatic heterocycles. The zero-order chi connectivity index (χ0) is 16.0. The molecule has 0 amide bonds. The van der Waals surface area contributed by atoms with Gasteiger partial charge in [0.2, 0.25) is 0 Å². The maximum absolute atomic E-state index is 4.83. The monoisotopic (exact) mass is 289 g/mol. The van der Waals surface area contributed by atoms with Gasteiger partial charge in [0.05, 0.1) is 6.20 Å². The Labute approximate surface area is 130 Å². The highest BCUT2D eigenvalue weighted by atomic mass is 15.3. The van der Waals surface area contributed by atoms with Crippen LogP contribution in [0.25, 0.3) is 0 Å². The Morgan fingerprint density at radius 2 is 2.00 bits per heavy atom. The van der Waals surface area contributed by atoms with Gasteiger partial charge in [-0.25, -0.2) is 0 Å². The van der Waals surface area contributed by atoms with Crippen LogP contribution in [0.2, 0.25) is 0 Å². The molecule has 0 radical (unpaired) electrons. The summed E-state index contributed by atoms with van der Waals surface area (Å²) in [5, 5.41) is 4.54. The highest BCUT2D eigenvalue weighted by molar-refractivity contribution is 6.00. The normalized spacial score (nSPS) is 14.9. The van der Waals surface area contributed by atoms with Gasteiger partial charge in [-0.15, -0.1) is 0 Å². The van der Waals surface area contributed by atoms with E-state index in [9.17, 15) is 0 Å². The summed E-state index contributed by atoms with van der Waals surface area (Å²) in [5.41, 5.74) is 4.62. The summed E-state index contributed by atoms with van der Waals surface area (Å²) < 4.78 is 2.11. The van der Waals surface area contributed by atoms with Crippen LogP contribution in [0.15, 0.2) is 23.0 Å². The first-order chi connectivity index (χ1) is 9.90. The Bertz CT molecular complexity index is 507. The first-order valence-electron chi connectivity index (χ1n) is 8.18. The molecule has 3 nitrogen and oxygen atoms in total. The predicted octanol–water partition coefficient (Wildman–Crippen LogP) is 5.00. The van der Waals surface area contributed by atoms with Crippen molar-refractivity contribution in [2.24, 2.45) is 16.8 Å². The third-order valence-electron chi connectivity index (χ3n) is 3.98. The molecule has 1 atom stereocenters. The Balaban J connectivity index is 3.03. The lowest BCUT2D eigenvalue weighted by atomic mass is 10.1. The molecule has 0 N–H and O–H groups in total. The molecule has 0 bridgehead atoms. The standard InChI is InChI=1S/C18H31N3/c1-8-10-18(13(3)4)20-15(6)17-11-19-21(16(17)7)12-14(5)9-2/h10-11,13-14H,8-9,12H2,1-7H3/b18-10+,20-15?. The molecule has 0 aliphatic carbocycles. The van der Waals surface area contributed by atoms with E-state index in [-0.39, 0.29) is 0 Å². The van der Waals surface area contributed by atoms with Gasteiger partial charge in [-0.2, -0.15) is 5.10 Å². The van der Waals surface area contributed by atoms with E-state index in [1.165, 1.54) is 23.4 Å². The first kappa shape index (κ1) is 17.7. The number of rotatable bonds is 7. The van der Waals surface area contributed by atoms with Gasteiger partial charge in [-0.3, -0.25) is 9.67 Å². The van der Waals surface area contributed by atoms with Gasteiger partial charge in [-0.05, 0) is 32.1 Å². The fourth-order valence-corrected chi connectivity index (χ4v) is 2.28. The van der Waals surface area contributed by atoms with Gasteiger partial charge >= 0.3 is 0 Å². The van der Waals surface area contributed by atoms with E-state index < -0.39 is 0 Å². The number of aromatic nitrogens is 2. The molecular weight excluding hydrogens is 258 g/mol. The topological polar surface area (TPSA) is 30.2 Å². The molecule has 1 heterocycles. The van der Waals surface area contributed by atoms with Crippen LogP contribution in [0, 0.1) is 18.8 Å². The molecule has 21 heavy (non-hydrogen) atoms. The summed E-state index contributed by atoms with van der Waals surface area (Å²) in [7, 11) is 0. The number of nitrogens with zero attached hydrogens (tertiary/aromatic N) is 3. The summed E-state index contributed by atoms with van der Waals surface area (Å²) in [6.07, 6.45) is 6.38. The maximum atomic E-state index is 4.83. The molecule has 0 saturated heterocycles. The van der Waals surface area contributed by atoms with Crippen molar-refractivity contribution in [3.8, 4) is 0 Å². The summed E-state index contributed by atoms with van der Waals surface area (Å²) in [6, 6.07) is 0. The third kappa shape index (κ3) is 4.83. The van der Waals surface area contributed by atoms with Crippen molar-refractivity contribution in [1.29, 1.82) is 0 Å². The van der Waals surface area contributed by atoms with Crippen molar-refractivity contribution in [3.05, 3.63) is 29.2 Å². The number of aliphatic imine (C=N–C) groups is 1. The molecule has 1 aromatic rings. The maximum Gasteiger partial charge on any atom is 0.0583 e. The number of allylic oxidation sites excluding steroid dienone is 2. The van der Waals surface area contributed by atoms with Crippen molar-refractivity contribution in [3.63, 3.8) is 0 Å². The van der Waals surface area contributed by atoms with Crippen molar-refractivity contribution < 1.29 is 0 Å². The van der Waals surface area contributed by atoms with Crippen LogP contribution in [-0.2, 0) is 6.54 Å². The van der Waals surface area contributed by atoms with Gasteiger partial charge < -0.3 is 0 Å². The van der Waals surface area contributed by atoms with Crippen LogP contribution in [0.4, 0.5) is 0 Å². The fraction of sp³-hybridized carbons (Fsp3) is 0.667. The zero-order valence-corrected chi connectivity index (χ0v) is 14.8. The van der Waals surface area contributed by atoms with E-state index in [1.54, 1.807) is 0 Å². The molecule has 0 fully saturated rings. The van der Waals surface area contributed by atoms with Crippen LogP contribution in [0.5, 0.6) is 0 Å². The van der Waals surface area contributed by atoms with E-state index in [2.05, 4.69) is 64.3 Å². The highest BCUT2D eigenvalue weighted by Gasteiger charge is 2.12. The van der Waals surface area contributed by atoms with E-state index in [4.69, 9.17) is 4.99 Å². The smallest absolute Gasteiger partial charge is 0.0583 e. The molecule has 0 aliphatic rings. The molecule has 1 unspecified atom stereocenters. The van der Waals surface area contributed by atoms with Gasteiger partial charge in [0.1, 0.15) is 0 Å². The average Bonchev–Trinajstić information content (AvgIpc) is 2.79. The van der Waals surface area contributed by atoms with Crippen molar-refractivity contribution >= 4 is 5.71 Å². The minimum atomic E-state index is 0.454. The summed E-state index contributed by atoms with van der Waals surface area (Å²) in [5.74, 6) is 1.11. The lowest BCUT2D eigenvalue weighted by Gasteiger charge is -2.11. The average molecular weight is 289 g/mol. The van der Waals surface area contributed by atoms with Crippen LogP contribution in [-0.4, -0.2) is 15.5 Å². The molecule has 3 heteroatoms. The second kappa shape index (κ2) is 8.16. The van der Waals surface area contributed by atoms with Gasteiger partial charge in [-0.1, -0.05) is 47.1 Å². The second-order valence-corrected chi connectivity index (χ2v) is 6.23. The quantitative estimate of drug-likeness (QED) is 0.650. The molecule has 1 aromatic heterocycles. The molecule has 0 saturated carbocycles. The summed E-state index contributed by atoms with van der Waals surface area (Å²) in [4.78, 5) is 4.83. The third-order valence-corrected chi connectivity index (χ3v) is 3.98. The summed E-state index contributed by atoms with van der Waals surface area (Å²) in [6.45, 7) is 16.2. The van der Waals surface area contributed by atoms with Gasteiger partial charge in [0.25, 0.3) is 0 Å². The molecule has 0 spiro atoms. The van der Waals surface area contributed by atoms with E-state index in [0.29, 0.717) is 11.8 Å². The minimum absolute atomic E-state index is 0.454. The SMILES string of the molecule is CC/C=C(/N=C(C)c1cnn(CC(C)CC)c1C)C(C)C. The highest BCUT2D eigenvalue weighted by Crippen LogP contribution is 2.17. The zero-order valence-electron chi connectivity index (χ0n) is 14.8. The van der Waals surface area contributed by atoms with Crippen molar-refractivity contribution in [2.45, 2.75) is 67.9 Å².